The van der Waals surface area contributed by atoms with E-state index in [1.807, 2.05) is 0 Å². The molecule has 1 aliphatic heterocycles. The summed E-state index contributed by atoms with van der Waals surface area (Å²) in [7, 11) is -2.33. The highest BCUT2D eigenvalue weighted by atomic mass is 32.2. The van der Waals surface area contributed by atoms with Crippen molar-refractivity contribution in [1.82, 2.24) is 10.0 Å². The van der Waals surface area contributed by atoms with Crippen LogP contribution in [-0.2, 0) is 26.1 Å². The van der Waals surface area contributed by atoms with E-state index in [2.05, 4.69) is 10.0 Å². The molecule has 1 saturated heterocycles. The number of benzene rings is 2. The van der Waals surface area contributed by atoms with Gasteiger partial charge in [-0.15, -0.1) is 0 Å². The summed E-state index contributed by atoms with van der Waals surface area (Å²) in [5.74, 6) is -0.171. The molecule has 2 aromatic carbocycles. The van der Waals surface area contributed by atoms with Gasteiger partial charge in [0.1, 0.15) is 11.6 Å². The highest BCUT2D eigenvalue weighted by Crippen LogP contribution is 2.24. The molecule has 1 fully saturated rings. The van der Waals surface area contributed by atoms with E-state index < -0.39 is 40.7 Å². The number of halogens is 1. The summed E-state index contributed by atoms with van der Waals surface area (Å²) in [6.45, 7) is -0.338. The maximum atomic E-state index is 13.7. The third-order valence-corrected chi connectivity index (χ3v) is 6.82. The molecule has 0 unspecified atom stereocenters. The van der Waals surface area contributed by atoms with E-state index in [1.165, 1.54) is 25.3 Å². The summed E-state index contributed by atoms with van der Waals surface area (Å²) in [6.07, 6.45) is -0.413. The Balaban J connectivity index is 1.53. The quantitative estimate of drug-likeness (QED) is 0.519. The molecule has 0 spiro atoms. The maximum absolute atomic E-state index is 13.7. The van der Waals surface area contributed by atoms with Crippen LogP contribution in [0.5, 0.6) is 5.75 Å². The van der Waals surface area contributed by atoms with E-state index in [1.54, 1.807) is 30.3 Å². The van der Waals surface area contributed by atoms with Gasteiger partial charge in [-0.05, 0) is 43.2 Å². The highest BCUT2D eigenvalue weighted by Gasteiger charge is 2.34. The molecule has 1 heterocycles. The predicted molar refractivity (Wildman–Crippen MR) is 115 cm³/mol. The van der Waals surface area contributed by atoms with Crippen LogP contribution in [0.1, 0.15) is 24.8 Å². The molecule has 2 aromatic rings. The number of aliphatic hydroxyl groups is 1. The third-order valence-electron chi connectivity index (χ3n) is 5.32. The van der Waals surface area contributed by atoms with Crippen molar-refractivity contribution in [2.45, 2.75) is 49.0 Å². The van der Waals surface area contributed by atoms with Crippen LogP contribution in [0.2, 0.25) is 0 Å². The van der Waals surface area contributed by atoms with Gasteiger partial charge in [-0.2, -0.15) is 0 Å². The lowest BCUT2D eigenvalue weighted by Crippen LogP contribution is -2.51. The Morgan fingerprint density at radius 2 is 1.91 bits per heavy atom. The molecule has 0 aromatic heterocycles. The van der Waals surface area contributed by atoms with Crippen molar-refractivity contribution in [2.24, 2.45) is 0 Å². The number of hydrogen-bond donors (Lipinski definition) is 3. The van der Waals surface area contributed by atoms with Gasteiger partial charge >= 0.3 is 0 Å². The van der Waals surface area contributed by atoms with Gasteiger partial charge in [0.05, 0.1) is 43.3 Å². The fourth-order valence-electron chi connectivity index (χ4n) is 3.55. The molecule has 8 nitrogen and oxygen atoms in total. The van der Waals surface area contributed by atoms with Crippen molar-refractivity contribution in [3.63, 3.8) is 0 Å². The van der Waals surface area contributed by atoms with Crippen molar-refractivity contribution >= 4 is 15.9 Å². The molecule has 1 aliphatic rings. The van der Waals surface area contributed by atoms with Crippen LogP contribution < -0.4 is 14.8 Å². The Kier molecular flexibility index (Phi) is 8.19. The first-order valence-electron chi connectivity index (χ1n) is 10.2. The van der Waals surface area contributed by atoms with Gasteiger partial charge in [-0.25, -0.2) is 17.5 Å². The summed E-state index contributed by atoms with van der Waals surface area (Å²) in [5, 5.41) is 12.4. The van der Waals surface area contributed by atoms with Crippen LogP contribution in [0.4, 0.5) is 4.39 Å². The van der Waals surface area contributed by atoms with Crippen molar-refractivity contribution in [2.75, 3.05) is 13.7 Å². The fraction of sp³-hybridized carbons (Fsp3) is 0.409. The minimum Gasteiger partial charge on any atom is -0.497 e. The smallest absolute Gasteiger partial charge is 0.240 e. The zero-order chi connectivity index (χ0) is 23.1. The lowest BCUT2D eigenvalue weighted by atomic mass is 9.98. The normalized spacial score (nSPS) is 21.2. The predicted octanol–water partition coefficient (Wildman–Crippen LogP) is 1.73. The van der Waals surface area contributed by atoms with Gasteiger partial charge in [-0.1, -0.05) is 18.2 Å². The summed E-state index contributed by atoms with van der Waals surface area (Å²) in [5.41, 5.74) is 0.381. The van der Waals surface area contributed by atoms with E-state index in [4.69, 9.17) is 9.47 Å². The molecule has 174 valence electrons. The first-order chi connectivity index (χ1) is 15.3. The standard InChI is InChI=1S/C22H27FN2O6S/c1-30-16-6-9-18(10-7-16)32(28,29)25-20-11-8-17(31-21(20)14-26)12-22(27)24-13-15-4-2-3-5-19(15)23/h2-7,9-10,17,20-21,25-26H,8,11-14H2,1H3,(H,24,27)/t17-,20-,21-/m0/s1. The van der Waals surface area contributed by atoms with Crippen LogP contribution in [-0.4, -0.2) is 51.4 Å². The molecular weight excluding hydrogens is 439 g/mol. The zero-order valence-electron chi connectivity index (χ0n) is 17.7. The lowest BCUT2D eigenvalue weighted by Gasteiger charge is -2.35. The number of ether oxygens (including phenoxy) is 2. The van der Waals surface area contributed by atoms with Gasteiger partial charge < -0.3 is 19.9 Å². The van der Waals surface area contributed by atoms with Crippen LogP contribution >= 0.6 is 0 Å². The number of amides is 1. The minimum absolute atomic E-state index is 0.0307. The fourth-order valence-corrected chi connectivity index (χ4v) is 4.85. The van der Waals surface area contributed by atoms with Crippen molar-refractivity contribution in [3.8, 4) is 5.75 Å². The molecular formula is C22H27FN2O6S. The first kappa shape index (κ1) is 24.1. The lowest BCUT2D eigenvalue weighted by molar-refractivity contribution is -0.130. The number of nitrogens with one attached hydrogen (secondary N) is 2. The largest absolute Gasteiger partial charge is 0.497 e. The minimum atomic E-state index is -3.82. The maximum Gasteiger partial charge on any atom is 0.240 e. The molecule has 0 bridgehead atoms. The average Bonchev–Trinajstić information content (AvgIpc) is 2.79. The van der Waals surface area contributed by atoms with Gasteiger partial charge in [0.2, 0.25) is 15.9 Å². The molecule has 3 N–H and O–H groups in total. The Hall–Kier alpha value is -2.53. The van der Waals surface area contributed by atoms with E-state index >= 15 is 0 Å². The SMILES string of the molecule is COc1ccc(S(=O)(=O)N[C@H]2CC[C@@H](CC(=O)NCc3ccccc3F)O[C@H]2CO)cc1. The summed E-state index contributed by atoms with van der Waals surface area (Å²) >= 11 is 0. The van der Waals surface area contributed by atoms with Gasteiger partial charge in [-0.3, -0.25) is 4.79 Å². The van der Waals surface area contributed by atoms with Crippen LogP contribution in [0.3, 0.4) is 0 Å². The highest BCUT2D eigenvalue weighted by molar-refractivity contribution is 7.89. The number of hydrogen-bond acceptors (Lipinski definition) is 6. The number of sulfonamides is 1. The summed E-state index contributed by atoms with van der Waals surface area (Å²) < 4.78 is 52.4. The third kappa shape index (κ3) is 6.26. The molecule has 32 heavy (non-hydrogen) atoms. The van der Waals surface area contributed by atoms with E-state index in [-0.39, 0.29) is 23.8 Å². The Bertz CT molecular complexity index is 1020. The van der Waals surface area contributed by atoms with Crippen LogP contribution in [0.25, 0.3) is 0 Å². The second-order valence-electron chi connectivity index (χ2n) is 7.53. The zero-order valence-corrected chi connectivity index (χ0v) is 18.5. The van der Waals surface area contributed by atoms with E-state index in [0.717, 1.165) is 0 Å². The van der Waals surface area contributed by atoms with E-state index in [0.29, 0.717) is 24.2 Å². The van der Waals surface area contributed by atoms with Gasteiger partial charge in [0.25, 0.3) is 0 Å². The van der Waals surface area contributed by atoms with Gasteiger partial charge in [0, 0.05) is 12.1 Å². The van der Waals surface area contributed by atoms with Crippen LogP contribution in [0.15, 0.2) is 53.4 Å². The molecule has 3 atom stereocenters. The first-order valence-corrected chi connectivity index (χ1v) is 11.7. The Morgan fingerprint density at radius 3 is 2.56 bits per heavy atom. The molecule has 0 aliphatic carbocycles. The molecule has 0 radical (unpaired) electrons. The van der Waals surface area contributed by atoms with Gasteiger partial charge in [0.15, 0.2) is 0 Å². The number of aliphatic hydroxyl groups excluding tert-OH is 1. The molecule has 10 heteroatoms. The number of carbonyl (C=O) groups is 1. The number of methoxy groups -OCH3 is 1. The van der Waals surface area contributed by atoms with Crippen molar-refractivity contribution in [3.05, 3.63) is 59.9 Å². The molecule has 0 saturated carbocycles. The number of carbonyl (C=O) groups excluding carboxylic acids is 1. The van der Waals surface area contributed by atoms with E-state index in [9.17, 15) is 22.7 Å². The summed E-state index contributed by atoms with van der Waals surface area (Å²) in [6, 6.07) is 11.5. The molecule has 3 rings (SSSR count). The Morgan fingerprint density at radius 1 is 1.19 bits per heavy atom. The van der Waals surface area contributed by atoms with Crippen molar-refractivity contribution in [1.29, 1.82) is 0 Å². The monoisotopic (exact) mass is 466 g/mol. The number of rotatable bonds is 9. The second kappa shape index (κ2) is 10.9. The summed E-state index contributed by atoms with van der Waals surface area (Å²) in [4.78, 5) is 12.3. The van der Waals surface area contributed by atoms with Crippen LogP contribution in [0, 0.1) is 5.82 Å². The van der Waals surface area contributed by atoms with Crippen molar-refractivity contribution < 1.29 is 32.2 Å². The second-order valence-corrected chi connectivity index (χ2v) is 9.25. The average molecular weight is 467 g/mol. The topological polar surface area (TPSA) is 114 Å². The Labute approximate surface area is 186 Å². The molecule has 1 amide bonds.